The van der Waals surface area contributed by atoms with Crippen LogP contribution in [-0.4, -0.2) is 63.5 Å². The van der Waals surface area contributed by atoms with Crippen molar-refractivity contribution < 1.29 is 26.4 Å². The van der Waals surface area contributed by atoms with E-state index in [0.717, 1.165) is 18.9 Å². The van der Waals surface area contributed by atoms with Crippen molar-refractivity contribution in [1.29, 1.82) is 0 Å². The number of carbonyl (C=O) groups is 1. The average Bonchev–Trinajstić information content (AvgIpc) is 3.56. The monoisotopic (exact) mass is 491 g/mol. The molecular formula is C23H36F3N3O3S. The van der Waals surface area contributed by atoms with Crippen molar-refractivity contribution in [1.82, 2.24) is 9.80 Å². The predicted molar refractivity (Wildman–Crippen MR) is 121 cm³/mol. The summed E-state index contributed by atoms with van der Waals surface area (Å²) in [7, 11) is -0.406. The van der Waals surface area contributed by atoms with Crippen molar-refractivity contribution in [2.24, 2.45) is 28.3 Å². The second kappa shape index (κ2) is 9.70. The van der Waals surface area contributed by atoms with Crippen LogP contribution >= 0.6 is 0 Å². The van der Waals surface area contributed by atoms with Gasteiger partial charge in [-0.15, -0.1) is 0 Å². The highest BCUT2D eigenvalue weighted by atomic mass is 32.2. The number of allylic oxidation sites excluding steroid dienone is 4. The van der Waals surface area contributed by atoms with Crippen LogP contribution in [0.2, 0.25) is 0 Å². The molecule has 3 rings (SSSR count). The molecule has 1 aliphatic heterocycles. The van der Waals surface area contributed by atoms with Gasteiger partial charge in [0.15, 0.2) is 0 Å². The summed E-state index contributed by atoms with van der Waals surface area (Å²) < 4.78 is 68.8. The van der Waals surface area contributed by atoms with Crippen molar-refractivity contribution in [3.63, 3.8) is 0 Å². The number of sulfonamides is 1. The van der Waals surface area contributed by atoms with Gasteiger partial charge in [-0.25, -0.2) is 13.6 Å². The maximum atomic E-state index is 14.8. The largest absolute Gasteiger partial charge is 0.398 e. The molecule has 1 heterocycles. The molecule has 1 saturated heterocycles. The summed E-state index contributed by atoms with van der Waals surface area (Å²) in [5, 5.41) is 5.36. The molecule has 0 radical (unpaired) electrons. The lowest BCUT2D eigenvalue weighted by Crippen LogP contribution is -2.55. The topological polar surface area (TPSA) is 83.7 Å². The van der Waals surface area contributed by atoms with E-state index in [0.29, 0.717) is 19.3 Å². The van der Waals surface area contributed by atoms with Gasteiger partial charge in [0.2, 0.25) is 15.9 Å². The Morgan fingerprint density at radius 2 is 1.85 bits per heavy atom. The van der Waals surface area contributed by atoms with Crippen LogP contribution in [0, 0.1) is 23.2 Å². The molecule has 3 atom stereocenters. The van der Waals surface area contributed by atoms with E-state index in [4.69, 9.17) is 5.14 Å². The van der Waals surface area contributed by atoms with Crippen LogP contribution in [-0.2, 0) is 14.8 Å². The molecule has 2 N–H and O–H groups in total. The third-order valence-corrected chi connectivity index (χ3v) is 8.70. The van der Waals surface area contributed by atoms with E-state index in [-0.39, 0.29) is 48.7 Å². The van der Waals surface area contributed by atoms with Crippen LogP contribution in [0.3, 0.4) is 0 Å². The highest BCUT2D eigenvalue weighted by molar-refractivity contribution is 7.93. The lowest BCUT2D eigenvalue weighted by Gasteiger charge is -2.50. The molecule has 6 nitrogen and oxygen atoms in total. The molecule has 2 fully saturated rings. The van der Waals surface area contributed by atoms with E-state index < -0.39 is 33.5 Å². The molecule has 188 valence electrons. The van der Waals surface area contributed by atoms with Crippen molar-refractivity contribution in [2.45, 2.75) is 64.1 Å². The molecule has 10 heteroatoms. The van der Waals surface area contributed by atoms with Gasteiger partial charge < -0.3 is 9.80 Å². The second-order valence-corrected chi connectivity index (χ2v) is 11.5. The normalized spacial score (nSPS) is 28.2. The zero-order valence-corrected chi connectivity index (χ0v) is 20.5. The number of hydrogen-bond donors (Lipinski definition) is 1. The lowest BCUT2D eigenvalue weighted by atomic mass is 9.59. The van der Waals surface area contributed by atoms with Crippen LogP contribution in [0.15, 0.2) is 23.1 Å². The number of likely N-dealkylation sites (tertiary alicyclic amines) is 1. The van der Waals surface area contributed by atoms with Gasteiger partial charge >= 0.3 is 6.18 Å². The highest BCUT2D eigenvalue weighted by Gasteiger charge is 2.66. The van der Waals surface area contributed by atoms with E-state index in [9.17, 15) is 26.4 Å². The summed E-state index contributed by atoms with van der Waals surface area (Å²) in [6.45, 7) is 2.54. The van der Waals surface area contributed by atoms with E-state index in [2.05, 4.69) is 6.92 Å². The molecule has 3 unspecified atom stereocenters. The number of rotatable bonds is 8. The average molecular weight is 492 g/mol. The van der Waals surface area contributed by atoms with Gasteiger partial charge in [-0.3, -0.25) is 4.79 Å². The molecule has 3 aliphatic rings. The maximum Gasteiger partial charge on any atom is 0.398 e. The number of hydrogen-bond acceptors (Lipinski definition) is 4. The predicted octanol–water partition coefficient (Wildman–Crippen LogP) is 3.66. The zero-order chi connectivity index (χ0) is 24.6. The lowest BCUT2D eigenvalue weighted by molar-refractivity contribution is -0.244. The van der Waals surface area contributed by atoms with Gasteiger partial charge in [0.25, 0.3) is 0 Å². The summed E-state index contributed by atoms with van der Waals surface area (Å²) in [6, 6.07) is 0.102. The van der Waals surface area contributed by atoms with Crippen molar-refractivity contribution >= 4 is 15.9 Å². The minimum atomic E-state index is -4.63. The summed E-state index contributed by atoms with van der Waals surface area (Å²) >= 11 is 0. The molecule has 1 amide bonds. The fourth-order valence-electron chi connectivity index (χ4n) is 5.77. The third-order valence-electron chi connectivity index (χ3n) is 7.65. The number of nitrogens with zero attached hydrogens (tertiary/aromatic N) is 2. The summed E-state index contributed by atoms with van der Waals surface area (Å²) in [4.78, 5) is 16.2. The summed E-state index contributed by atoms with van der Waals surface area (Å²) in [5.74, 6) is -2.40. The Morgan fingerprint density at radius 3 is 2.30 bits per heavy atom. The molecule has 0 aromatic rings. The van der Waals surface area contributed by atoms with E-state index >= 15 is 0 Å². The number of nitrogens with two attached hydrogens (primary N) is 1. The third kappa shape index (κ3) is 5.32. The number of primary sulfonamides is 1. The first kappa shape index (κ1) is 26.2. The van der Waals surface area contributed by atoms with Gasteiger partial charge in [-0.05, 0) is 64.1 Å². The van der Waals surface area contributed by atoms with Crippen LogP contribution in [0.1, 0.15) is 51.9 Å². The van der Waals surface area contributed by atoms with Crippen LogP contribution in [0.5, 0.6) is 0 Å². The maximum absolute atomic E-state index is 14.8. The van der Waals surface area contributed by atoms with E-state index in [1.165, 1.54) is 12.2 Å². The van der Waals surface area contributed by atoms with Crippen LogP contribution in [0.4, 0.5) is 13.2 Å². The first-order valence-corrected chi connectivity index (χ1v) is 13.3. The number of halogens is 3. The highest BCUT2D eigenvalue weighted by Crippen LogP contribution is 2.63. The molecule has 0 bridgehead atoms. The van der Waals surface area contributed by atoms with Crippen molar-refractivity contribution in [3.8, 4) is 0 Å². The number of carbonyl (C=O) groups excluding carboxylic acids is 1. The van der Waals surface area contributed by atoms with Gasteiger partial charge in [-0.1, -0.05) is 25.5 Å². The fourth-order valence-corrected chi connectivity index (χ4v) is 6.78. The van der Waals surface area contributed by atoms with E-state index in [1.807, 2.05) is 19.0 Å². The standard InChI is InChI=1S/C23H36F3N3O3S/c1-4-6-18(28(2)3)15-20(30)29-13-10-17(11-14-29)22(23(24,25)26)12-5-7-19(33(27,31)32)21(22)16-8-9-16/h5,7,12,16-18,21H,4,6,8-11,13-15H2,1-3H3,(H2,27,31,32). The summed E-state index contributed by atoms with van der Waals surface area (Å²) in [6.07, 6.45) is 2.61. The van der Waals surface area contributed by atoms with E-state index in [1.54, 1.807) is 4.90 Å². The first-order valence-electron chi connectivity index (χ1n) is 11.8. The number of alkyl halides is 3. The van der Waals surface area contributed by atoms with Crippen LogP contribution < -0.4 is 5.14 Å². The Balaban J connectivity index is 1.82. The van der Waals surface area contributed by atoms with Gasteiger partial charge in [0, 0.05) is 31.5 Å². The minimum absolute atomic E-state index is 0.0373. The molecular weight excluding hydrogens is 455 g/mol. The first-order chi connectivity index (χ1) is 15.3. The number of amides is 1. The second-order valence-electron chi connectivity index (χ2n) is 9.98. The molecule has 0 spiro atoms. The molecule has 0 aromatic heterocycles. The molecule has 0 aromatic carbocycles. The summed E-state index contributed by atoms with van der Waals surface area (Å²) in [5.41, 5.74) is -2.28. The Hall–Kier alpha value is -1.39. The van der Waals surface area contributed by atoms with Crippen LogP contribution in [0.25, 0.3) is 0 Å². The Kier molecular flexibility index (Phi) is 7.70. The molecule has 2 aliphatic carbocycles. The Bertz CT molecular complexity index is 888. The quantitative estimate of drug-likeness (QED) is 0.562. The Labute approximate surface area is 195 Å². The minimum Gasteiger partial charge on any atom is -0.343 e. The Morgan fingerprint density at radius 1 is 1.24 bits per heavy atom. The zero-order valence-electron chi connectivity index (χ0n) is 19.6. The van der Waals surface area contributed by atoms with Crippen molar-refractivity contribution in [3.05, 3.63) is 23.1 Å². The van der Waals surface area contributed by atoms with Crippen molar-refractivity contribution in [2.75, 3.05) is 27.2 Å². The van der Waals surface area contributed by atoms with Gasteiger partial charge in [0.05, 0.1) is 10.3 Å². The molecule has 33 heavy (non-hydrogen) atoms. The number of piperidine rings is 1. The smallest absolute Gasteiger partial charge is 0.343 e. The fraction of sp³-hybridized carbons (Fsp3) is 0.783. The molecule has 1 saturated carbocycles. The van der Waals surface area contributed by atoms with Gasteiger partial charge in [0.1, 0.15) is 0 Å². The van der Waals surface area contributed by atoms with Gasteiger partial charge in [-0.2, -0.15) is 13.2 Å². The SMILES string of the molecule is CCCC(CC(=O)N1CCC(C2(C(F)(F)F)C=CC=C(S(N)(=O)=O)C2C2CC2)CC1)N(C)C.